The van der Waals surface area contributed by atoms with E-state index < -0.39 is 11.4 Å². The van der Waals surface area contributed by atoms with Crippen LogP contribution in [0.2, 0.25) is 0 Å². The van der Waals surface area contributed by atoms with E-state index in [1.807, 2.05) is 76.2 Å². The van der Waals surface area contributed by atoms with Gasteiger partial charge in [0.2, 0.25) is 5.91 Å². The second kappa shape index (κ2) is 10.6. The third kappa shape index (κ3) is 5.83. The number of benzene rings is 2. The number of para-hydroxylation sites is 1. The van der Waals surface area contributed by atoms with Crippen molar-refractivity contribution in [2.24, 2.45) is 16.4 Å². The van der Waals surface area contributed by atoms with Crippen LogP contribution in [0.25, 0.3) is 0 Å². The number of carbonyl (C=O) groups excluding carboxylic acids is 3. The lowest BCUT2D eigenvalue weighted by atomic mass is 9.83. The second-order valence-electron chi connectivity index (χ2n) is 10.9. The number of fused-ring (bicyclic) bond motifs is 1. The zero-order chi connectivity index (χ0) is 25.9. The predicted molar refractivity (Wildman–Crippen MR) is 143 cm³/mol. The van der Waals surface area contributed by atoms with Crippen LogP contribution in [0, 0.1) is 18.3 Å². The molecule has 2 aromatic carbocycles. The molecule has 0 aromatic heterocycles. The summed E-state index contributed by atoms with van der Waals surface area (Å²) in [5, 5.41) is 8.95. The number of urea groups is 1. The van der Waals surface area contributed by atoms with Crippen molar-refractivity contribution >= 4 is 34.8 Å². The van der Waals surface area contributed by atoms with Gasteiger partial charge >= 0.3 is 6.03 Å². The van der Waals surface area contributed by atoms with E-state index in [0.717, 1.165) is 42.5 Å². The fraction of sp³-hybridized carbons (Fsp3) is 0.448. The number of nitrogens with zero attached hydrogens (tertiary/aromatic N) is 3. The lowest BCUT2D eigenvalue weighted by Gasteiger charge is -2.28. The Morgan fingerprint density at radius 1 is 1.00 bits per heavy atom. The summed E-state index contributed by atoms with van der Waals surface area (Å²) in [6.45, 7) is 7.18. The summed E-state index contributed by atoms with van der Waals surface area (Å²) in [5.74, 6) is -0.196. The molecule has 190 valence electrons. The summed E-state index contributed by atoms with van der Waals surface area (Å²) in [4.78, 5) is 41.4. The molecule has 2 aromatic rings. The van der Waals surface area contributed by atoms with Crippen LogP contribution in [0.4, 0.5) is 16.2 Å². The molecule has 0 radical (unpaired) electrons. The minimum absolute atomic E-state index is 0.0593. The quantitative estimate of drug-likeness (QED) is 0.560. The summed E-state index contributed by atoms with van der Waals surface area (Å²) >= 11 is 0. The molecule has 1 N–H and O–H groups in total. The van der Waals surface area contributed by atoms with Crippen LogP contribution in [0.3, 0.4) is 0 Å². The molecule has 0 saturated heterocycles. The summed E-state index contributed by atoms with van der Waals surface area (Å²) in [5.41, 5.74) is 3.45. The van der Waals surface area contributed by atoms with Crippen LogP contribution in [0.15, 0.2) is 53.6 Å². The van der Waals surface area contributed by atoms with E-state index in [1.165, 1.54) is 16.3 Å². The largest absolute Gasteiger partial charge is 0.345 e. The smallest absolute Gasteiger partial charge is 0.324 e. The highest BCUT2D eigenvalue weighted by molar-refractivity contribution is 6.13. The van der Waals surface area contributed by atoms with Gasteiger partial charge < -0.3 is 5.32 Å². The first-order valence-electron chi connectivity index (χ1n) is 12.8. The molecule has 0 bridgehead atoms. The number of nitrogens with one attached hydrogen (secondary N) is 1. The first-order valence-corrected chi connectivity index (χ1v) is 12.8. The molecule has 0 atom stereocenters. The van der Waals surface area contributed by atoms with Crippen LogP contribution in [0.1, 0.15) is 64.0 Å². The Morgan fingerprint density at radius 2 is 1.72 bits per heavy atom. The molecule has 1 aliphatic heterocycles. The zero-order valence-corrected chi connectivity index (χ0v) is 21.7. The number of ketones is 1. The van der Waals surface area contributed by atoms with E-state index >= 15 is 0 Å². The van der Waals surface area contributed by atoms with Gasteiger partial charge in [0, 0.05) is 22.6 Å². The van der Waals surface area contributed by atoms with Gasteiger partial charge in [0.1, 0.15) is 6.54 Å². The standard InChI is InChI=1S/C29H36N4O3/c1-20-11-10-14-22(17-20)30-26(35)19-33-28(36)32(18-25(34)29(2,3)4)24-16-9-8-15-23(24)27(31-33)21-12-6-5-7-13-21/h8-11,14-17,21H,5-7,12-13,18-19H2,1-4H3,(H,30,35). The van der Waals surface area contributed by atoms with Crippen molar-refractivity contribution in [1.29, 1.82) is 0 Å². The van der Waals surface area contributed by atoms with E-state index in [2.05, 4.69) is 5.32 Å². The lowest BCUT2D eigenvalue weighted by Crippen LogP contribution is -2.47. The van der Waals surface area contributed by atoms with Gasteiger partial charge in [-0.05, 0) is 43.5 Å². The summed E-state index contributed by atoms with van der Waals surface area (Å²) in [6.07, 6.45) is 5.40. The van der Waals surface area contributed by atoms with Crippen molar-refractivity contribution in [2.75, 3.05) is 23.3 Å². The van der Waals surface area contributed by atoms with E-state index in [9.17, 15) is 14.4 Å². The topological polar surface area (TPSA) is 82.1 Å². The van der Waals surface area contributed by atoms with Gasteiger partial charge in [-0.1, -0.05) is 70.4 Å². The van der Waals surface area contributed by atoms with Crippen molar-refractivity contribution in [3.8, 4) is 0 Å². The SMILES string of the molecule is Cc1cccc(NC(=O)CN2N=C(C3CCCCC3)c3ccccc3N(CC(=O)C(C)(C)C)C2=O)c1. The number of hydrogen-bond acceptors (Lipinski definition) is 4. The molecular weight excluding hydrogens is 452 g/mol. The van der Waals surface area contributed by atoms with E-state index in [0.29, 0.717) is 11.4 Å². The van der Waals surface area contributed by atoms with Gasteiger partial charge in [-0.25, -0.2) is 9.80 Å². The molecule has 0 spiro atoms. The Hall–Kier alpha value is -3.48. The number of hydrogen-bond donors (Lipinski definition) is 1. The van der Waals surface area contributed by atoms with Crippen molar-refractivity contribution in [2.45, 2.75) is 59.8 Å². The van der Waals surface area contributed by atoms with Gasteiger partial charge in [0.15, 0.2) is 5.78 Å². The maximum absolute atomic E-state index is 13.9. The van der Waals surface area contributed by atoms with Gasteiger partial charge in [-0.2, -0.15) is 5.10 Å². The Morgan fingerprint density at radius 3 is 2.42 bits per heavy atom. The van der Waals surface area contributed by atoms with Crippen molar-refractivity contribution in [1.82, 2.24) is 5.01 Å². The van der Waals surface area contributed by atoms with Crippen molar-refractivity contribution in [3.05, 3.63) is 59.7 Å². The van der Waals surface area contributed by atoms with Crippen LogP contribution < -0.4 is 10.2 Å². The molecule has 7 heteroatoms. The lowest BCUT2D eigenvalue weighted by molar-refractivity contribution is -0.124. The molecule has 4 rings (SSSR count). The second-order valence-corrected chi connectivity index (χ2v) is 10.9. The average molecular weight is 489 g/mol. The number of Topliss-reactive ketones (excluding diaryl/α,β-unsaturated/α-hetero) is 1. The minimum atomic E-state index is -0.609. The summed E-state index contributed by atoms with van der Waals surface area (Å²) in [6, 6.07) is 14.7. The maximum Gasteiger partial charge on any atom is 0.345 e. The molecule has 2 aliphatic rings. The first-order chi connectivity index (χ1) is 17.1. The highest BCUT2D eigenvalue weighted by Gasteiger charge is 2.36. The van der Waals surface area contributed by atoms with Crippen LogP contribution in [-0.4, -0.2) is 41.5 Å². The number of rotatable bonds is 6. The van der Waals surface area contributed by atoms with Gasteiger partial charge in [-0.3, -0.25) is 14.5 Å². The van der Waals surface area contributed by atoms with Gasteiger partial charge in [0.25, 0.3) is 0 Å². The first kappa shape index (κ1) is 25.6. The fourth-order valence-corrected chi connectivity index (χ4v) is 4.77. The molecular formula is C29H36N4O3. The Labute approximate surface area is 213 Å². The Bertz CT molecular complexity index is 1180. The van der Waals surface area contributed by atoms with E-state index in [4.69, 9.17) is 5.10 Å². The predicted octanol–water partition coefficient (Wildman–Crippen LogP) is 5.78. The molecule has 1 fully saturated rings. The van der Waals surface area contributed by atoms with Crippen LogP contribution in [-0.2, 0) is 9.59 Å². The number of anilines is 2. The van der Waals surface area contributed by atoms with Gasteiger partial charge in [-0.15, -0.1) is 0 Å². The minimum Gasteiger partial charge on any atom is -0.324 e. The van der Waals surface area contributed by atoms with Crippen molar-refractivity contribution < 1.29 is 14.4 Å². The molecule has 36 heavy (non-hydrogen) atoms. The number of hydrazone groups is 1. The van der Waals surface area contributed by atoms with Crippen molar-refractivity contribution in [3.63, 3.8) is 0 Å². The molecule has 1 aliphatic carbocycles. The summed E-state index contributed by atoms with van der Waals surface area (Å²) < 4.78 is 0. The number of amides is 3. The van der Waals surface area contributed by atoms with E-state index in [1.54, 1.807) is 0 Å². The highest BCUT2D eigenvalue weighted by atomic mass is 16.2. The normalized spacial score (nSPS) is 16.8. The molecule has 1 heterocycles. The average Bonchev–Trinajstić information content (AvgIpc) is 2.94. The van der Waals surface area contributed by atoms with Crippen LogP contribution >= 0.6 is 0 Å². The third-order valence-corrected chi connectivity index (χ3v) is 6.88. The Balaban J connectivity index is 1.71. The number of aryl methyl sites for hydroxylation is 1. The Kier molecular flexibility index (Phi) is 7.57. The fourth-order valence-electron chi connectivity index (χ4n) is 4.77. The molecule has 7 nitrogen and oxygen atoms in total. The third-order valence-electron chi connectivity index (χ3n) is 6.88. The number of carbonyl (C=O) groups is 3. The summed E-state index contributed by atoms with van der Waals surface area (Å²) in [7, 11) is 0. The van der Waals surface area contributed by atoms with Crippen LogP contribution in [0.5, 0.6) is 0 Å². The highest BCUT2D eigenvalue weighted by Crippen LogP contribution is 2.34. The molecule has 3 amide bonds. The maximum atomic E-state index is 13.9. The zero-order valence-electron chi connectivity index (χ0n) is 21.7. The molecule has 1 saturated carbocycles. The monoisotopic (exact) mass is 488 g/mol. The van der Waals surface area contributed by atoms with Gasteiger partial charge in [0.05, 0.1) is 17.9 Å². The molecule has 0 unspecified atom stereocenters. The van der Waals surface area contributed by atoms with E-state index in [-0.39, 0.29) is 30.7 Å².